The Hall–Kier alpha value is -0.100. The maximum absolute atomic E-state index is 5.38. The molecule has 0 aromatic carbocycles. The third-order valence-corrected chi connectivity index (χ3v) is 4.26. The van der Waals surface area contributed by atoms with E-state index in [0.29, 0.717) is 0 Å². The average Bonchev–Trinajstić information content (AvgIpc) is 2.77. The van der Waals surface area contributed by atoms with Crippen molar-refractivity contribution < 1.29 is 4.42 Å². The van der Waals surface area contributed by atoms with Crippen molar-refractivity contribution in [3.63, 3.8) is 0 Å². The van der Waals surface area contributed by atoms with Crippen LogP contribution in [0.25, 0.3) is 0 Å². The van der Waals surface area contributed by atoms with Crippen LogP contribution in [0.2, 0.25) is 0 Å². The second kappa shape index (κ2) is 5.30. The molecule has 2 heterocycles. The topological polar surface area (TPSA) is 25.2 Å². The highest BCUT2D eigenvalue weighted by molar-refractivity contribution is 9.10. The van der Waals surface area contributed by atoms with Crippen LogP contribution in [0.5, 0.6) is 0 Å². The van der Waals surface area contributed by atoms with Crippen molar-refractivity contribution >= 4 is 43.2 Å². The largest absolute Gasteiger partial charge is 0.453 e. The molecule has 2 nitrogen and oxygen atoms in total. The van der Waals surface area contributed by atoms with Crippen molar-refractivity contribution in [1.29, 1.82) is 0 Å². The molecule has 0 atom stereocenters. The maximum atomic E-state index is 5.38. The van der Waals surface area contributed by atoms with Crippen molar-refractivity contribution in [3.8, 4) is 0 Å². The van der Waals surface area contributed by atoms with E-state index in [9.17, 15) is 0 Å². The molecule has 0 aliphatic heterocycles. The Morgan fingerprint density at radius 3 is 2.67 bits per heavy atom. The van der Waals surface area contributed by atoms with E-state index in [0.717, 1.165) is 23.5 Å². The van der Waals surface area contributed by atoms with E-state index in [2.05, 4.69) is 48.6 Å². The van der Waals surface area contributed by atoms with Gasteiger partial charge in [-0.2, -0.15) is 0 Å². The molecule has 0 aliphatic rings. The number of halogens is 2. The van der Waals surface area contributed by atoms with Crippen LogP contribution in [0.4, 0.5) is 0 Å². The molecule has 80 valence electrons. The van der Waals surface area contributed by atoms with Crippen LogP contribution in [-0.4, -0.2) is 0 Å². The second-order valence-corrected chi connectivity index (χ2v) is 5.64. The molecule has 2 aromatic heterocycles. The predicted molar refractivity (Wildman–Crippen MR) is 69.0 cm³/mol. The standard InChI is InChI=1S/C10H9Br2NOS/c11-8-3-4-15-9(8)6-13-5-7-1-2-10(12)14-7/h1-4,13H,5-6H2. The van der Waals surface area contributed by atoms with Crippen molar-refractivity contribution in [2.75, 3.05) is 0 Å². The quantitative estimate of drug-likeness (QED) is 0.895. The van der Waals surface area contributed by atoms with E-state index < -0.39 is 0 Å². The zero-order valence-electron chi connectivity index (χ0n) is 7.80. The van der Waals surface area contributed by atoms with Gasteiger partial charge >= 0.3 is 0 Å². The molecule has 0 saturated carbocycles. The van der Waals surface area contributed by atoms with E-state index in [1.807, 2.05) is 12.1 Å². The van der Waals surface area contributed by atoms with Gasteiger partial charge in [0.2, 0.25) is 0 Å². The SMILES string of the molecule is Brc1ccc(CNCc2sccc2Br)o1. The summed E-state index contributed by atoms with van der Waals surface area (Å²) in [6.45, 7) is 1.60. The fourth-order valence-corrected chi connectivity index (χ4v) is 3.00. The molecule has 15 heavy (non-hydrogen) atoms. The van der Waals surface area contributed by atoms with E-state index in [1.165, 1.54) is 9.35 Å². The molecule has 0 bridgehead atoms. The van der Waals surface area contributed by atoms with Crippen molar-refractivity contribution in [3.05, 3.63) is 43.4 Å². The monoisotopic (exact) mass is 349 g/mol. The Labute approximate surface area is 109 Å². The van der Waals surface area contributed by atoms with Crippen LogP contribution < -0.4 is 5.32 Å². The van der Waals surface area contributed by atoms with Gasteiger partial charge in [-0.15, -0.1) is 11.3 Å². The fraction of sp³-hybridized carbons (Fsp3) is 0.200. The van der Waals surface area contributed by atoms with Gasteiger partial charge in [-0.05, 0) is 55.4 Å². The Balaban J connectivity index is 1.83. The highest BCUT2D eigenvalue weighted by atomic mass is 79.9. The normalized spacial score (nSPS) is 10.8. The van der Waals surface area contributed by atoms with Gasteiger partial charge in [-0.1, -0.05) is 0 Å². The van der Waals surface area contributed by atoms with Crippen molar-refractivity contribution in [2.45, 2.75) is 13.1 Å². The van der Waals surface area contributed by atoms with Gasteiger partial charge in [-0.3, -0.25) is 0 Å². The zero-order valence-corrected chi connectivity index (χ0v) is 11.8. The van der Waals surface area contributed by atoms with Crippen LogP contribution in [0.15, 0.2) is 37.1 Å². The number of hydrogen-bond acceptors (Lipinski definition) is 3. The molecule has 0 radical (unpaired) electrons. The first-order chi connectivity index (χ1) is 7.25. The molecule has 0 amide bonds. The molecule has 0 unspecified atom stereocenters. The summed E-state index contributed by atoms with van der Waals surface area (Å²) >= 11 is 8.51. The van der Waals surface area contributed by atoms with Gasteiger partial charge in [0.1, 0.15) is 5.76 Å². The second-order valence-electron chi connectivity index (χ2n) is 3.00. The van der Waals surface area contributed by atoms with Gasteiger partial charge in [0.15, 0.2) is 4.67 Å². The molecule has 2 aromatic rings. The van der Waals surface area contributed by atoms with E-state index in [4.69, 9.17) is 4.42 Å². The highest BCUT2D eigenvalue weighted by Crippen LogP contribution is 2.22. The number of nitrogens with one attached hydrogen (secondary N) is 1. The molecule has 0 spiro atoms. The summed E-state index contributed by atoms with van der Waals surface area (Å²) in [6, 6.07) is 5.92. The van der Waals surface area contributed by atoms with E-state index >= 15 is 0 Å². The molecule has 2 rings (SSSR count). The third-order valence-electron chi connectivity index (χ3n) is 1.90. The molecule has 5 heteroatoms. The minimum atomic E-state index is 0.746. The lowest BCUT2D eigenvalue weighted by Crippen LogP contribution is -2.11. The van der Waals surface area contributed by atoms with Gasteiger partial charge in [-0.25, -0.2) is 0 Å². The predicted octanol–water partition coefficient (Wildman–Crippen LogP) is 4.16. The number of furan rings is 1. The van der Waals surface area contributed by atoms with E-state index in [1.54, 1.807) is 11.3 Å². The van der Waals surface area contributed by atoms with Crippen LogP contribution in [-0.2, 0) is 13.1 Å². The summed E-state index contributed by atoms with van der Waals surface area (Å²) in [5.74, 6) is 0.939. The molecule has 0 fully saturated rings. The van der Waals surface area contributed by atoms with Crippen LogP contribution >= 0.6 is 43.2 Å². The van der Waals surface area contributed by atoms with Crippen LogP contribution in [0, 0.1) is 0 Å². The van der Waals surface area contributed by atoms with E-state index in [-0.39, 0.29) is 0 Å². The van der Waals surface area contributed by atoms with Crippen LogP contribution in [0.3, 0.4) is 0 Å². The maximum Gasteiger partial charge on any atom is 0.169 e. The third kappa shape index (κ3) is 3.17. The van der Waals surface area contributed by atoms with Gasteiger partial charge in [0.25, 0.3) is 0 Å². The minimum absolute atomic E-state index is 0.746. The lowest BCUT2D eigenvalue weighted by molar-refractivity contribution is 0.466. The summed E-state index contributed by atoms with van der Waals surface area (Å²) < 4.78 is 7.32. The fourth-order valence-electron chi connectivity index (χ4n) is 1.20. The first-order valence-electron chi connectivity index (χ1n) is 4.42. The first kappa shape index (κ1) is 11.4. The minimum Gasteiger partial charge on any atom is -0.453 e. The smallest absolute Gasteiger partial charge is 0.169 e. The molecule has 0 aliphatic carbocycles. The Kier molecular flexibility index (Phi) is 4.02. The molecular weight excluding hydrogens is 342 g/mol. The molecular formula is C10H9Br2NOS. The van der Waals surface area contributed by atoms with Crippen LogP contribution in [0.1, 0.15) is 10.6 Å². The zero-order chi connectivity index (χ0) is 10.7. The summed E-state index contributed by atoms with van der Waals surface area (Å²) in [4.78, 5) is 1.31. The lowest BCUT2D eigenvalue weighted by Gasteiger charge is -2.00. The molecule has 1 N–H and O–H groups in total. The Morgan fingerprint density at radius 1 is 1.20 bits per heavy atom. The summed E-state index contributed by atoms with van der Waals surface area (Å²) in [6.07, 6.45) is 0. The Morgan fingerprint density at radius 2 is 2.07 bits per heavy atom. The summed E-state index contributed by atoms with van der Waals surface area (Å²) in [5.41, 5.74) is 0. The highest BCUT2D eigenvalue weighted by Gasteiger charge is 2.02. The first-order valence-corrected chi connectivity index (χ1v) is 6.89. The van der Waals surface area contributed by atoms with Crippen molar-refractivity contribution in [2.24, 2.45) is 0 Å². The molecule has 0 saturated heterocycles. The summed E-state index contributed by atoms with van der Waals surface area (Å²) in [5, 5.41) is 5.40. The Bertz CT molecular complexity index is 438. The van der Waals surface area contributed by atoms with Gasteiger partial charge < -0.3 is 9.73 Å². The van der Waals surface area contributed by atoms with Crippen molar-refractivity contribution in [1.82, 2.24) is 5.32 Å². The number of rotatable bonds is 4. The lowest BCUT2D eigenvalue weighted by atomic mass is 10.4. The van der Waals surface area contributed by atoms with Gasteiger partial charge in [0.05, 0.1) is 6.54 Å². The average molecular weight is 351 g/mol. The number of hydrogen-bond donors (Lipinski definition) is 1. The van der Waals surface area contributed by atoms with Gasteiger partial charge in [0, 0.05) is 15.9 Å². The summed E-state index contributed by atoms with van der Waals surface area (Å²) in [7, 11) is 0. The number of thiophene rings is 1.